The topological polar surface area (TPSA) is 69.7 Å². The third-order valence-corrected chi connectivity index (χ3v) is 3.55. The molecule has 5 nitrogen and oxygen atoms in total. The van der Waals surface area contributed by atoms with Crippen LogP contribution in [0.15, 0.2) is 36.4 Å². The van der Waals surface area contributed by atoms with E-state index >= 15 is 0 Å². The maximum Gasteiger partial charge on any atom is 0.400 e. The van der Waals surface area contributed by atoms with Crippen LogP contribution in [0.25, 0.3) is 26.5 Å². The van der Waals surface area contributed by atoms with Crippen LogP contribution in [0.4, 0.5) is 5.69 Å². The van der Waals surface area contributed by atoms with E-state index in [0.29, 0.717) is 38.7 Å². The van der Waals surface area contributed by atoms with E-state index in [1.807, 2.05) is 0 Å². The minimum absolute atomic E-state index is 0.131. The lowest BCUT2D eigenvalue weighted by Gasteiger charge is -2.14. The van der Waals surface area contributed by atoms with Crippen molar-refractivity contribution >= 4 is 27.2 Å². The number of rotatable bonds is 2. The Balaban J connectivity index is 2.52. The second-order valence-electron chi connectivity index (χ2n) is 4.60. The van der Waals surface area contributed by atoms with Crippen molar-refractivity contribution in [3.8, 4) is 17.2 Å². The Bertz CT molecular complexity index is 898. The van der Waals surface area contributed by atoms with E-state index in [4.69, 9.17) is 9.47 Å². The number of diazo groups is 1. The van der Waals surface area contributed by atoms with E-state index < -0.39 is 0 Å². The predicted octanol–water partition coefficient (Wildman–Crippen LogP) is 3.57. The second-order valence-corrected chi connectivity index (χ2v) is 4.60. The summed E-state index contributed by atoms with van der Waals surface area (Å²) in [6, 6.07) is 10.2. The van der Waals surface area contributed by atoms with Crippen molar-refractivity contribution < 1.29 is 14.6 Å². The summed E-state index contributed by atoms with van der Waals surface area (Å²) in [6.07, 6.45) is 0. The largest absolute Gasteiger partial charge is 0.872 e. The smallest absolute Gasteiger partial charge is 0.400 e. The molecule has 104 valence electrons. The van der Waals surface area contributed by atoms with Crippen LogP contribution in [0.1, 0.15) is 0 Å². The third-order valence-electron chi connectivity index (χ3n) is 3.55. The summed E-state index contributed by atoms with van der Waals surface area (Å²) in [4.78, 5) is 3.36. The summed E-state index contributed by atoms with van der Waals surface area (Å²) in [5.41, 5.74) is 0.348. The average Bonchev–Trinajstić information content (AvgIpc) is 2.54. The lowest BCUT2D eigenvalue weighted by atomic mass is 9.99. The molecule has 0 unspecified atom stereocenters. The van der Waals surface area contributed by atoms with Gasteiger partial charge in [-0.15, -0.1) is 0 Å². The second kappa shape index (κ2) is 4.84. The highest BCUT2D eigenvalue weighted by Gasteiger charge is 2.20. The van der Waals surface area contributed by atoms with Crippen molar-refractivity contribution in [2.24, 2.45) is 0 Å². The molecule has 0 heterocycles. The molecule has 0 aliphatic carbocycles. The molecule has 21 heavy (non-hydrogen) atoms. The highest BCUT2D eigenvalue weighted by atomic mass is 16.5. The molecule has 3 aromatic carbocycles. The van der Waals surface area contributed by atoms with Crippen LogP contribution in [0.5, 0.6) is 17.2 Å². The Morgan fingerprint density at radius 1 is 0.857 bits per heavy atom. The molecule has 0 amide bonds. The standard InChI is InChI=1S/C16H12N2O3/c1-20-9-4-6-12-13(7-9)15(18-17)11-5-3-10(21-2)8-14(11)16(12)19/h3-8H,1-2H3. The molecule has 0 aromatic heterocycles. The fraction of sp³-hybridized carbons (Fsp3) is 0.125. The molecular formula is C16H12N2O3. The molecule has 3 rings (SSSR count). The Hall–Kier alpha value is -3.00. The number of hydrogen-bond donors (Lipinski definition) is 0. The van der Waals surface area contributed by atoms with Crippen molar-refractivity contribution in [2.45, 2.75) is 0 Å². The van der Waals surface area contributed by atoms with Gasteiger partial charge in [0.25, 0.3) is 0 Å². The van der Waals surface area contributed by atoms with Crippen molar-refractivity contribution in [2.75, 3.05) is 14.2 Å². The minimum Gasteiger partial charge on any atom is -0.872 e. The molecule has 3 aromatic rings. The normalized spacial score (nSPS) is 10.5. The number of nitrogens with zero attached hydrogens (tertiary/aromatic N) is 2. The Kier molecular flexibility index (Phi) is 2.99. The van der Waals surface area contributed by atoms with Gasteiger partial charge < -0.3 is 14.6 Å². The van der Waals surface area contributed by atoms with Crippen LogP contribution in [0.2, 0.25) is 0 Å². The molecule has 0 aliphatic heterocycles. The molecule has 0 radical (unpaired) electrons. The summed E-state index contributed by atoms with van der Waals surface area (Å²) in [5, 5.41) is 24.0. The van der Waals surface area contributed by atoms with Gasteiger partial charge in [0.15, 0.2) is 4.98 Å². The molecule has 0 saturated carbocycles. The molecule has 0 saturated heterocycles. The minimum atomic E-state index is -0.131. The van der Waals surface area contributed by atoms with Gasteiger partial charge >= 0.3 is 5.69 Å². The van der Waals surface area contributed by atoms with Crippen LogP contribution in [0.3, 0.4) is 0 Å². The fourth-order valence-corrected chi connectivity index (χ4v) is 2.49. The van der Waals surface area contributed by atoms with Gasteiger partial charge in [-0.2, -0.15) is 0 Å². The van der Waals surface area contributed by atoms with E-state index in [-0.39, 0.29) is 5.75 Å². The molecular weight excluding hydrogens is 268 g/mol. The number of methoxy groups -OCH3 is 2. The van der Waals surface area contributed by atoms with Crippen LogP contribution in [0, 0.1) is 5.39 Å². The summed E-state index contributed by atoms with van der Waals surface area (Å²) in [6.45, 7) is 0. The van der Waals surface area contributed by atoms with Crippen molar-refractivity contribution in [1.82, 2.24) is 0 Å². The summed E-state index contributed by atoms with van der Waals surface area (Å²) >= 11 is 0. The van der Waals surface area contributed by atoms with Gasteiger partial charge in [0, 0.05) is 0 Å². The van der Waals surface area contributed by atoms with E-state index in [2.05, 4.69) is 4.98 Å². The Morgan fingerprint density at radius 2 is 1.43 bits per heavy atom. The van der Waals surface area contributed by atoms with Crippen LogP contribution in [-0.2, 0) is 0 Å². The number of fused-ring (bicyclic) bond motifs is 2. The molecule has 5 heteroatoms. The maximum absolute atomic E-state index is 12.6. The first kappa shape index (κ1) is 13.0. The monoisotopic (exact) mass is 280 g/mol. The van der Waals surface area contributed by atoms with Crippen LogP contribution < -0.4 is 14.6 Å². The van der Waals surface area contributed by atoms with Crippen molar-refractivity contribution in [3.63, 3.8) is 0 Å². The number of hydrogen-bond acceptors (Lipinski definition) is 4. The van der Waals surface area contributed by atoms with Crippen molar-refractivity contribution in [3.05, 3.63) is 41.4 Å². The first-order chi connectivity index (χ1) is 10.2. The van der Waals surface area contributed by atoms with Gasteiger partial charge in [-0.1, -0.05) is 11.8 Å². The molecule has 0 N–H and O–H groups in total. The quantitative estimate of drug-likeness (QED) is 0.531. The molecule has 0 aliphatic rings. The van der Waals surface area contributed by atoms with E-state index in [1.54, 1.807) is 43.5 Å². The molecule has 0 fully saturated rings. The maximum atomic E-state index is 12.6. The highest BCUT2D eigenvalue weighted by molar-refractivity contribution is 6.16. The van der Waals surface area contributed by atoms with Crippen LogP contribution in [-0.4, -0.2) is 14.2 Å². The Labute approximate surface area is 121 Å². The van der Waals surface area contributed by atoms with E-state index in [9.17, 15) is 10.5 Å². The zero-order valence-electron chi connectivity index (χ0n) is 11.6. The van der Waals surface area contributed by atoms with Gasteiger partial charge in [-0.25, -0.2) is 0 Å². The summed E-state index contributed by atoms with van der Waals surface area (Å²) in [7, 11) is 3.08. The first-order valence-electron chi connectivity index (χ1n) is 6.33. The first-order valence-corrected chi connectivity index (χ1v) is 6.33. The average molecular weight is 280 g/mol. The third kappa shape index (κ3) is 1.89. The van der Waals surface area contributed by atoms with E-state index in [1.165, 1.54) is 7.11 Å². The SMILES string of the molecule is COc1ccc2c([N+]#N)c3cc(OC)ccc3c([O-])c2c1. The van der Waals surface area contributed by atoms with Crippen molar-refractivity contribution in [1.29, 1.82) is 5.39 Å². The van der Waals surface area contributed by atoms with E-state index in [0.717, 1.165) is 0 Å². The zero-order valence-corrected chi connectivity index (χ0v) is 11.6. The summed E-state index contributed by atoms with van der Waals surface area (Å²) < 4.78 is 10.3. The molecule has 0 spiro atoms. The van der Waals surface area contributed by atoms with Gasteiger partial charge in [0.2, 0.25) is 5.39 Å². The summed E-state index contributed by atoms with van der Waals surface area (Å²) in [5.74, 6) is 1.05. The number of ether oxygens (including phenoxy) is 2. The highest BCUT2D eigenvalue weighted by Crippen LogP contribution is 2.43. The lowest BCUT2D eigenvalue weighted by molar-refractivity contribution is -0.263. The van der Waals surface area contributed by atoms with Gasteiger partial charge in [-0.3, -0.25) is 0 Å². The van der Waals surface area contributed by atoms with Crippen LogP contribution >= 0.6 is 0 Å². The zero-order chi connectivity index (χ0) is 15.0. The van der Waals surface area contributed by atoms with Gasteiger partial charge in [0.05, 0.1) is 25.0 Å². The lowest BCUT2D eigenvalue weighted by Crippen LogP contribution is -1.95. The van der Waals surface area contributed by atoms with Gasteiger partial charge in [-0.05, 0) is 41.1 Å². The molecule has 0 atom stereocenters. The molecule has 0 bridgehead atoms. The van der Waals surface area contributed by atoms with Gasteiger partial charge in [0.1, 0.15) is 11.5 Å². The number of benzene rings is 3. The predicted molar refractivity (Wildman–Crippen MR) is 78.7 cm³/mol. The Morgan fingerprint density at radius 3 is 2.00 bits per heavy atom. The fourth-order valence-electron chi connectivity index (χ4n) is 2.49.